The molecule has 0 aliphatic carbocycles. The minimum atomic E-state index is -0.894. The van der Waals surface area contributed by atoms with Crippen molar-refractivity contribution in [3.8, 4) is 11.5 Å². The minimum absolute atomic E-state index is 0. The van der Waals surface area contributed by atoms with Gasteiger partial charge in [-0.1, -0.05) is 6.07 Å². The number of aryl methyl sites for hydroxylation is 1. The SMILES string of the molecule is Cl.Cn1c(=O)c(Oc2c(F)cccc2F)cc2cnc(NC3CCOCC3)nc21. The van der Waals surface area contributed by atoms with Gasteiger partial charge >= 0.3 is 0 Å². The molecule has 1 aliphatic heterocycles. The molecule has 0 radical (unpaired) electrons. The quantitative estimate of drug-likeness (QED) is 0.691. The number of pyridine rings is 1. The Hall–Kier alpha value is -2.78. The second-order valence-corrected chi connectivity index (χ2v) is 6.53. The summed E-state index contributed by atoms with van der Waals surface area (Å²) in [5.41, 5.74) is -0.179. The lowest BCUT2D eigenvalue weighted by Crippen LogP contribution is -2.29. The van der Waals surface area contributed by atoms with Crippen molar-refractivity contribution in [3.63, 3.8) is 0 Å². The predicted octanol–water partition coefficient (Wildman–Crippen LogP) is 3.41. The van der Waals surface area contributed by atoms with Crippen molar-refractivity contribution in [1.82, 2.24) is 14.5 Å². The van der Waals surface area contributed by atoms with Crippen LogP contribution in [0.3, 0.4) is 0 Å². The summed E-state index contributed by atoms with van der Waals surface area (Å²) in [5.74, 6) is -2.22. The molecule has 0 amide bonds. The lowest BCUT2D eigenvalue weighted by atomic mass is 10.1. The topological polar surface area (TPSA) is 78.3 Å². The summed E-state index contributed by atoms with van der Waals surface area (Å²) in [6.45, 7) is 1.36. The van der Waals surface area contributed by atoms with Crippen LogP contribution in [-0.4, -0.2) is 33.8 Å². The second kappa shape index (κ2) is 8.71. The Morgan fingerprint density at radius 1 is 1.24 bits per heavy atom. The molecule has 1 aromatic carbocycles. The van der Waals surface area contributed by atoms with Crippen LogP contribution in [0.1, 0.15) is 12.8 Å². The number of halogens is 3. The Bertz CT molecular complexity index is 1070. The minimum Gasteiger partial charge on any atom is -0.445 e. The first-order chi connectivity index (χ1) is 13.5. The van der Waals surface area contributed by atoms with Gasteiger partial charge in [0.2, 0.25) is 5.95 Å². The van der Waals surface area contributed by atoms with E-state index in [0.29, 0.717) is 30.2 Å². The Kier molecular flexibility index (Phi) is 6.29. The molecule has 10 heteroatoms. The average Bonchev–Trinajstić information content (AvgIpc) is 2.70. The molecule has 3 heterocycles. The fraction of sp³-hybridized carbons (Fsp3) is 0.316. The van der Waals surface area contributed by atoms with Crippen LogP contribution in [0.25, 0.3) is 11.0 Å². The number of rotatable bonds is 4. The summed E-state index contributed by atoms with van der Waals surface area (Å²) >= 11 is 0. The lowest BCUT2D eigenvalue weighted by Gasteiger charge is -2.23. The highest BCUT2D eigenvalue weighted by atomic mass is 35.5. The van der Waals surface area contributed by atoms with Gasteiger partial charge in [-0.15, -0.1) is 12.4 Å². The van der Waals surface area contributed by atoms with Crippen molar-refractivity contribution in [2.45, 2.75) is 18.9 Å². The number of fused-ring (bicyclic) bond motifs is 1. The van der Waals surface area contributed by atoms with Crippen molar-refractivity contribution in [2.24, 2.45) is 7.05 Å². The van der Waals surface area contributed by atoms with Gasteiger partial charge in [-0.2, -0.15) is 4.98 Å². The van der Waals surface area contributed by atoms with Gasteiger partial charge in [0.25, 0.3) is 5.56 Å². The molecule has 0 spiro atoms. The fourth-order valence-corrected chi connectivity index (χ4v) is 3.07. The largest absolute Gasteiger partial charge is 0.445 e. The van der Waals surface area contributed by atoms with E-state index in [2.05, 4.69) is 15.3 Å². The normalized spacial score (nSPS) is 14.4. The highest BCUT2D eigenvalue weighted by molar-refractivity contribution is 5.85. The molecule has 4 rings (SSSR count). The van der Waals surface area contributed by atoms with E-state index in [1.54, 1.807) is 0 Å². The van der Waals surface area contributed by atoms with E-state index < -0.39 is 22.9 Å². The van der Waals surface area contributed by atoms with E-state index in [0.717, 1.165) is 25.0 Å². The molecule has 29 heavy (non-hydrogen) atoms. The van der Waals surface area contributed by atoms with Crippen LogP contribution in [0, 0.1) is 11.6 Å². The molecule has 0 unspecified atom stereocenters. The van der Waals surface area contributed by atoms with E-state index >= 15 is 0 Å². The van der Waals surface area contributed by atoms with Crippen LogP contribution in [0.15, 0.2) is 35.3 Å². The zero-order valence-corrected chi connectivity index (χ0v) is 16.3. The van der Waals surface area contributed by atoms with Crippen LogP contribution in [0.4, 0.5) is 14.7 Å². The van der Waals surface area contributed by atoms with Gasteiger partial charge < -0.3 is 14.8 Å². The zero-order valence-electron chi connectivity index (χ0n) is 15.5. The first kappa shape index (κ1) is 20.9. The summed E-state index contributed by atoms with van der Waals surface area (Å²) in [6.07, 6.45) is 3.23. The summed E-state index contributed by atoms with van der Waals surface area (Å²) in [5, 5.41) is 3.75. The first-order valence-electron chi connectivity index (χ1n) is 8.86. The van der Waals surface area contributed by atoms with E-state index in [-0.39, 0.29) is 24.2 Å². The van der Waals surface area contributed by atoms with Gasteiger partial charge in [-0.05, 0) is 31.0 Å². The Morgan fingerprint density at radius 2 is 1.93 bits per heavy atom. The number of hydrogen-bond acceptors (Lipinski definition) is 6. The molecule has 0 bridgehead atoms. The highest BCUT2D eigenvalue weighted by Crippen LogP contribution is 2.27. The zero-order chi connectivity index (χ0) is 19.7. The van der Waals surface area contributed by atoms with Gasteiger partial charge in [-0.25, -0.2) is 13.8 Å². The number of nitrogens with zero attached hydrogens (tertiary/aromatic N) is 3. The van der Waals surface area contributed by atoms with E-state index in [9.17, 15) is 13.6 Å². The van der Waals surface area contributed by atoms with Gasteiger partial charge in [-0.3, -0.25) is 9.36 Å². The standard InChI is InChI=1S/C19H18F2N4O3.ClH/c1-25-17-11(10-22-19(24-17)23-12-5-7-27-8-6-12)9-15(18(25)26)28-16-13(20)3-2-4-14(16)21;/h2-4,9-10,12H,5-8H2,1H3,(H,22,23,24);1H. The maximum atomic E-state index is 13.8. The molecule has 2 aromatic heterocycles. The molecule has 0 saturated carbocycles. The number of para-hydroxylation sites is 1. The van der Waals surface area contributed by atoms with Crippen molar-refractivity contribution in [3.05, 3.63) is 52.5 Å². The number of benzene rings is 1. The summed E-state index contributed by atoms with van der Waals surface area (Å²) < 4.78 is 39.5. The molecule has 1 N–H and O–H groups in total. The van der Waals surface area contributed by atoms with Crippen LogP contribution in [0.2, 0.25) is 0 Å². The highest BCUT2D eigenvalue weighted by Gasteiger charge is 2.18. The maximum absolute atomic E-state index is 13.8. The van der Waals surface area contributed by atoms with Gasteiger partial charge in [0, 0.05) is 37.9 Å². The monoisotopic (exact) mass is 424 g/mol. The van der Waals surface area contributed by atoms with Crippen LogP contribution in [0.5, 0.6) is 11.5 Å². The number of anilines is 1. The number of nitrogens with one attached hydrogen (secondary N) is 1. The van der Waals surface area contributed by atoms with Crippen LogP contribution in [-0.2, 0) is 11.8 Å². The lowest BCUT2D eigenvalue weighted by molar-refractivity contribution is 0.0903. The molecule has 1 saturated heterocycles. The molecule has 3 aromatic rings. The van der Waals surface area contributed by atoms with Crippen molar-refractivity contribution in [1.29, 1.82) is 0 Å². The van der Waals surface area contributed by atoms with E-state index in [1.807, 2.05) is 0 Å². The Labute approximate surface area is 171 Å². The average molecular weight is 425 g/mol. The molecule has 1 aliphatic rings. The van der Waals surface area contributed by atoms with Gasteiger partial charge in [0.05, 0.1) is 0 Å². The second-order valence-electron chi connectivity index (χ2n) is 6.53. The fourth-order valence-electron chi connectivity index (χ4n) is 3.07. The van der Waals surface area contributed by atoms with E-state index in [4.69, 9.17) is 9.47 Å². The summed E-state index contributed by atoms with van der Waals surface area (Å²) in [6, 6.07) is 4.91. The summed E-state index contributed by atoms with van der Waals surface area (Å²) in [4.78, 5) is 21.3. The predicted molar refractivity (Wildman–Crippen MR) is 106 cm³/mol. The molecule has 7 nitrogen and oxygen atoms in total. The molecular formula is C19H19ClF2N4O3. The van der Waals surface area contributed by atoms with Gasteiger partial charge in [0.15, 0.2) is 23.1 Å². The third kappa shape index (κ3) is 4.30. The van der Waals surface area contributed by atoms with Crippen molar-refractivity contribution in [2.75, 3.05) is 18.5 Å². The number of hydrogen-bond donors (Lipinski definition) is 1. The maximum Gasteiger partial charge on any atom is 0.294 e. The third-order valence-corrected chi connectivity index (χ3v) is 4.60. The van der Waals surface area contributed by atoms with E-state index in [1.165, 1.54) is 29.9 Å². The Balaban J connectivity index is 0.00000240. The molecule has 154 valence electrons. The van der Waals surface area contributed by atoms with Crippen molar-refractivity contribution >= 4 is 29.4 Å². The van der Waals surface area contributed by atoms with Crippen molar-refractivity contribution < 1.29 is 18.3 Å². The Morgan fingerprint density at radius 3 is 2.62 bits per heavy atom. The number of ether oxygens (including phenoxy) is 2. The smallest absolute Gasteiger partial charge is 0.294 e. The number of aromatic nitrogens is 3. The van der Waals surface area contributed by atoms with Crippen LogP contribution >= 0.6 is 12.4 Å². The summed E-state index contributed by atoms with van der Waals surface area (Å²) in [7, 11) is 1.51. The molecular weight excluding hydrogens is 406 g/mol. The van der Waals surface area contributed by atoms with Gasteiger partial charge in [0.1, 0.15) is 5.65 Å². The molecule has 0 atom stereocenters. The molecule has 1 fully saturated rings. The first-order valence-corrected chi connectivity index (χ1v) is 8.86. The third-order valence-electron chi connectivity index (χ3n) is 4.60. The van der Waals surface area contributed by atoms with Crippen LogP contribution < -0.4 is 15.6 Å².